The van der Waals surface area contributed by atoms with Crippen LogP contribution in [-0.2, 0) is 16.3 Å². The standard InChI is InChI=1S/C14H23NO2S/c1-10-7-6-8-11(2)13(10)9-14(15-4)12(3)18(5,16)17/h6-8,12,14-15H,9H2,1-5H3. The molecule has 0 heterocycles. The fourth-order valence-electron chi connectivity index (χ4n) is 2.19. The van der Waals surface area contributed by atoms with E-state index in [9.17, 15) is 8.42 Å². The van der Waals surface area contributed by atoms with Gasteiger partial charge in [-0.1, -0.05) is 18.2 Å². The van der Waals surface area contributed by atoms with Gasteiger partial charge in [0.25, 0.3) is 0 Å². The van der Waals surface area contributed by atoms with E-state index < -0.39 is 9.84 Å². The lowest BCUT2D eigenvalue weighted by Crippen LogP contribution is -2.42. The minimum Gasteiger partial charge on any atom is -0.315 e. The largest absolute Gasteiger partial charge is 0.315 e. The zero-order chi connectivity index (χ0) is 13.9. The lowest BCUT2D eigenvalue weighted by Gasteiger charge is -2.24. The lowest BCUT2D eigenvalue weighted by molar-refractivity contribution is 0.515. The average Bonchev–Trinajstić information content (AvgIpc) is 2.27. The van der Waals surface area contributed by atoms with Gasteiger partial charge in [-0.25, -0.2) is 8.42 Å². The first kappa shape index (κ1) is 15.2. The number of hydrogen-bond donors (Lipinski definition) is 1. The minimum atomic E-state index is -3.02. The second-order valence-electron chi connectivity index (χ2n) is 5.00. The Morgan fingerprint density at radius 2 is 1.72 bits per heavy atom. The molecule has 2 unspecified atom stereocenters. The van der Waals surface area contributed by atoms with Crippen molar-refractivity contribution in [2.45, 2.75) is 38.5 Å². The van der Waals surface area contributed by atoms with Gasteiger partial charge < -0.3 is 5.32 Å². The molecule has 0 aromatic heterocycles. The van der Waals surface area contributed by atoms with Crippen molar-refractivity contribution in [1.29, 1.82) is 0 Å². The molecule has 0 radical (unpaired) electrons. The molecule has 0 amide bonds. The van der Waals surface area contributed by atoms with Gasteiger partial charge in [-0.05, 0) is 50.9 Å². The van der Waals surface area contributed by atoms with Gasteiger partial charge in [-0.15, -0.1) is 0 Å². The first-order chi connectivity index (χ1) is 8.27. The molecule has 3 nitrogen and oxygen atoms in total. The van der Waals surface area contributed by atoms with Gasteiger partial charge in [0.05, 0.1) is 5.25 Å². The predicted molar refractivity (Wildman–Crippen MR) is 76.8 cm³/mol. The van der Waals surface area contributed by atoms with Crippen molar-refractivity contribution < 1.29 is 8.42 Å². The number of likely N-dealkylation sites (N-methyl/N-ethyl adjacent to an activating group) is 1. The Bertz CT molecular complexity index is 488. The maximum atomic E-state index is 11.7. The second kappa shape index (κ2) is 5.85. The van der Waals surface area contributed by atoms with Crippen molar-refractivity contribution in [2.24, 2.45) is 0 Å². The Hall–Kier alpha value is -0.870. The maximum Gasteiger partial charge on any atom is 0.151 e. The van der Waals surface area contributed by atoms with Gasteiger partial charge in [0.15, 0.2) is 9.84 Å². The number of rotatable bonds is 5. The first-order valence-corrected chi connectivity index (χ1v) is 8.14. The van der Waals surface area contributed by atoms with Crippen molar-refractivity contribution in [3.63, 3.8) is 0 Å². The van der Waals surface area contributed by atoms with Crippen molar-refractivity contribution in [1.82, 2.24) is 5.32 Å². The van der Waals surface area contributed by atoms with Crippen molar-refractivity contribution in [3.8, 4) is 0 Å². The highest BCUT2D eigenvalue weighted by Crippen LogP contribution is 2.18. The summed E-state index contributed by atoms with van der Waals surface area (Å²) in [7, 11) is -1.20. The molecule has 0 saturated carbocycles. The van der Waals surface area contributed by atoms with E-state index in [1.807, 2.05) is 13.1 Å². The van der Waals surface area contributed by atoms with E-state index in [1.165, 1.54) is 22.9 Å². The van der Waals surface area contributed by atoms with Crippen LogP contribution in [0.15, 0.2) is 18.2 Å². The van der Waals surface area contributed by atoms with Crippen LogP contribution in [0.3, 0.4) is 0 Å². The Morgan fingerprint density at radius 3 is 2.11 bits per heavy atom. The third-order valence-corrected chi connectivity index (χ3v) is 5.36. The summed E-state index contributed by atoms with van der Waals surface area (Å²) >= 11 is 0. The highest BCUT2D eigenvalue weighted by atomic mass is 32.2. The van der Waals surface area contributed by atoms with Crippen LogP contribution < -0.4 is 5.32 Å². The number of hydrogen-bond acceptors (Lipinski definition) is 3. The minimum absolute atomic E-state index is 0.0557. The number of aryl methyl sites for hydroxylation is 2. The van der Waals surface area contributed by atoms with E-state index in [0.29, 0.717) is 0 Å². The van der Waals surface area contributed by atoms with Gasteiger partial charge in [0.1, 0.15) is 0 Å². The molecule has 2 atom stereocenters. The Kier molecular flexibility index (Phi) is 4.93. The van der Waals surface area contributed by atoms with Gasteiger partial charge in [-0.3, -0.25) is 0 Å². The summed E-state index contributed by atoms with van der Waals surface area (Å²) in [5, 5.41) is 2.74. The van der Waals surface area contributed by atoms with Crippen LogP contribution in [0.5, 0.6) is 0 Å². The highest BCUT2D eigenvalue weighted by Gasteiger charge is 2.25. The Morgan fingerprint density at radius 1 is 1.22 bits per heavy atom. The zero-order valence-corrected chi connectivity index (χ0v) is 12.6. The van der Waals surface area contributed by atoms with Crippen LogP contribution >= 0.6 is 0 Å². The summed E-state index contributed by atoms with van der Waals surface area (Å²) in [6, 6.07) is 6.11. The van der Waals surface area contributed by atoms with Crippen LogP contribution in [0.2, 0.25) is 0 Å². The molecule has 18 heavy (non-hydrogen) atoms. The molecule has 1 N–H and O–H groups in total. The third-order valence-electron chi connectivity index (χ3n) is 3.68. The molecule has 4 heteroatoms. The van der Waals surface area contributed by atoms with Gasteiger partial charge in [0.2, 0.25) is 0 Å². The van der Waals surface area contributed by atoms with Crippen LogP contribution in [0, 0.1) is 13.8 Å². The van der Waals surface area contributed by atoms with Gasteiger partial charge >= 0.3 is 0 Å². The van der Waals surface area contributed by atoms with Gasteiger partial charge in [-0.2, -0.15) is 0 Å². The molecule has 1 rings (SSSR count). The number of sulfone groups is 1. The monoisotopic (exact) mass is 269 g/mol. The molecule has 102 valence electrons. The van der Waals surface area contributed by atoms with Crippen LogP contribution in [0.1, 0.15) is 23.6 Å². The third kappa shape index (κ3) is 3.56. The maximum absolute atomic E-state index is 11.7. The summed E-state index contributed by atoms with van der Waals surface area (Å²) in [5.74, 6) is 0. The van der Waals surface area contributed by atoms with Crippen LogP contribution in [-0.4, -0.2) is 33.0 Å². The fraction of sp³-hybridized carbons (Fsp3) is 0.571. The molecular formula is C14H23NO2S. The van der Waals surface area contributed by atoms with Crippen LogP contribution in [0.4, 0.5) is 0 Å². The average molecular weight is 269 g/mol. The molecule has 0 aliphatic carbocycles. The van der Waals surface area contributed by atoms with E-state index in [0.717, 1.165) is 6.42 Å². The van der Waals surface area contributed by atoms with E-state index in [1.54, 1.807) is 6.92 Å². The van der Waals surface area contributed by atoms with Crippen molar-refractivity contribution >= 4 is 9.84 Å². The first-order valence-electron chi connectivity index (χ1n) is 6.18. The number of nitrogens with one attached hydrogen (secondary N) is 1. The molecule has 0 fully saturated rings. The summed E-state index contributed by atoms with van der Waals surface area (Å²) in [4.78, 5) is 0. The molecule has 0 aliphatic heterocycles. The molecular weight excluding hydrogens is 246 g/mol. The van der Waals surface area contributed by atoms with E-state index >= 15 is 0 Å². The zero-order valence-electron chi connectivity index (χ0n) is 11.8. The Balaban J connectivity index is 3.01. The van der Waals surface area contributed by atoms with E-state index in [-0.39, 0.29) is 11.3 Å². The normalized spacial score (nSPS) is 15.4. The topological polar surface area (TPSA) is 46.2 Å². The quantitative estimate of drug-likeness (QED) is 0.887. The molecule has 0 saturated heterocycles. The van der Waals surface area contributed by atoms with Crippen molar-refractivity contribution in [3.05, 3.63) is 34.9 Å². The van der Waals surface area contributed by atoms with E-state index in [2.05, 4.69) is 31.3 Å². The molecule has 1 aromatic carbocycles. The highest BCUT2D eigenvalue weighted by molar-refractivity contribution is 7.91. The SMILES string of the molecule is CNC(Cc1c(C)cccc1C)C(C)S(C)(=O)=O. The molecule has 0 aliphatic rings. The Labute approximate surface area is 111 Å². The second-order valence-corrected chi connectivity index (χ2v) is 7.41. The predicted octanol–water partition coefficient (Wildman–Crippen LogP) is 1.87. The smallest absolute Gasteiger partial charge is 0.151 e. The lowest BCUT2D eigenvalue weighted by atomic mass is 9.95. The molecule has 0 bridgehead atoms. The van der Waals surface area contributed by atoms with Crippen LogP contribution in [0.25, 0.3) is 0 Å². The number of benzene rings is 1. The summed E-state index contributed by atoms with van der Waals surface area (Å²) in [5.41, 5.74) is 3.68. The summed E-state index contributed by atoms with van der Waals surface area (Å²) in [6.07, 6.45) is 2.04. The van der Waals surface area contributed by atoms with Crippen molar-refractivity contribution in [2.75, 3.05) is 13.3 Å². The fourth-order valence-corrected chi connectivity index (χ4v) is 3.02. The summed E-state index contributed by atoms with van der Waals surface area (Å²) in [6.45, 7) is 5.91. The molecule has 1 aromatic rings. The van der Waals surface area contributed by atoms with E-state index in [4.69, 9.17) is 0 Å². The summed E-state index contributed by atoms with van der Waals surface area (Å²) < 4.78 is 23.3. The van der Waals surface area contributed by atoms with Gasteiger partial charge in [0, 0.05) is 12.3 Å². The molecule has 0 spiro atoms.